The highest BCUT2D eigenvalue weighted by molar-refractivity contribution is 5.63. The molecule has 0 aliphatic heterocycles. The van der Waals surface area contributed by atoms with Crippen LogP contribution >= 0.6 is 0 Å². The number of aliphatic hydroxyl groups is 1. The summed E-state index contributed by atoms with van der Waals surface area (Å²) < 4.78 is 1.65. The van der Waals surface area contributed by atoms with Crippen LogP contribution < -0.4 is 5.73 Å². The molecule has 0 amide bonds. The van der Waals surface area contributed by atoms with E-state index in [9.17, 15) is 5.11 Å². The molecule has 0 aliphatic carbocycles. The van der Waals surface area contributed by atoms with Crippen molar-refractivity contribution in [2.45, 2.75) is 19.3 Å². The van der Waals surface area contributed by atoms with Gasteiger partial charge in [0.2, 0.25) is 0 Å². The van der Waals surface area contributed by atoms with Crippen LogP contribution in [0.25, 0.3) is 11.3 Å². The van der Waals surface area contributed by atoms with Gasteiger partial charge in [-0.05, 0) is 11.6 Å². The first kappa shape index (κ1) is 12.6. The minimum Gasteiger partial charge on any atom is -0.395 e. The van der Waals surface area contributed by atoms with Crippen molar-refractivity contribution in [3.05, 3.63) is 35.9 Å². The summed E-state index contributed by atoms with van der Waals surface area (Å²) in [6.07, 6.45) is 0. The molecule has 0 unspecified atom stereocenters. The van der Waals surface area contributed by atoms with Crippen LogP contribution in [0.15, 0.2) is 30.3 Å². The van der Waals surface area contributed by atoms with Gasteiger partial charge in [0.25, 0.3) is 0 Å². The van der Waals surface area contributed by atoms with Gasteiger partial charge in [0.05, 0.1) is 12.3 Å². The summed E-state index contributed by atoms with van der Waals surface area (Å²) in [5, 5.41) is 13.8. The van der Waals surface area contributed by atoms with E-state index >= 15 is 0 Å². The van der Waals surface area contributed by atoms with Crippen molar-refractivity contribution in [3.8, 4) is 11.3 Å². The first-order valence-electron chi connectivity index (χ1n) is 5.95. The molecule has 2 aromatic rings. The minimum atomic E-state index is -0.254. The number of nitrogens with zero attached hydrogens (tertiary/aromatic N) is 2. The molecule has 0 fully saturated rings. The highest BCUT2D eigenvalue weighted by Gasteiger charge is 2.20. The van der Waals surface area contributed by atoms with E-state index in [1.807, 2.05) is 45.2 Å². The van der Waals surface area contributed by atoms with E-state index in [2.05, 4.69) is 11.2 Å². The average Bonchev–Trinajstić information content (AvgIpc) is 2.70. The summed E-state index contributed by atoms with van der Waals surface area (Å²) in [4.78, 5) is 0. The average molecular weight is 245 g/mol. The molecule has 0 atom stereocenters. The van der Waals surface area contributed by atoms with Crippen LogP contribution in [-0.4, -0.2) is 21.5 Å². The molecule has 1 heterocycles. The summed E-state index contributed by atoms with van der Waals surface area (Å²) in [6.45, 7) is 4.14. The molecule has 4 nitrogen and oxygen atoms in total. The molecule has 0 saturated carbocycles. The molecule has 0 saturated heterocycles. The fourth-order valence-electron chi connectivity index (χ4n) is 1.81. The summed E-state index contributed by atoms with van der Waals surface area (Å²) in [5.74, 6) is 0.636. The number of hydrogen-bond acceptors (Lipinski definition) is 3. The van der Waals surface area contributed by atoms with Crippen molar-refractivity contribution in [1.29, 1.82) is 0 Å². The number of anilines is 1. The third-order valence-corrected chi connectivity index (χ3v) is 3.25. The number of benzene rings is 1. The van der Waals surface area contributed by atoms with Gasteiger partial charge in [-0.15, -0.1) is 0 Å². The largest absolute Gasteiger partial charge is 0.395 e. The Morgan fingerprint density at radius 2 is 2.06 bits per heavy atom. The number of aromatic nitrogens is 2. The Morgan fingerprint density at radius 3 is 2.61 bits per heavy atom. The van der Waals surface area contributed by atoms with Crippen molar-refractivity contribution >= 4 is 5.82 Å². The molecule has 0 aliphatic rings. The highest BCUT2D eigenvalue weighted by Crippen LogP contribution is 2.27. The Bertz CT molecular complexity index is 538. The van der Waals surface area contributed by atoms with Crippen molar-refractivity contribution in [3.63, 3.8) is 0 Å². The van der Waals surface area contributed by atoms with Gasteiger partial charge in [0.15, 0.2) is 0 Å². The van der Waals surface area contributed by atoms with Crippen molar-refractivity contribution in [1.82, 2.24) is 9.78 Å². The number of hydrogen-bond donors (Lipinski definition) is 2. The van der Waals surface area contributed by atoms with Gasteiger partial charge < -0.3 is 10.8 Å². The first-order chi connectivity index (χ1) is 8.44. The lowest BCUT2D eigenvalue weighted by atomic mass is 9.84. The maximum Gasteiger partial charge on any atom is 0.121 e. The Kier molecular flexibility index (Phi) is 3.13. The SMILES string of the molecule is Cn1nc(-c2cccc(C(C)(C)CO)c2)cc1N. The van der Waals surface area contributed by atoms with Crippen LogP contribution in [0.3, 0.4) is 0 Å². The van der Waals surface area contributed by atoms with E-state index in [1.165, 1.54) is 0 Å². The fraction of sp³-hybridized carbons (Fsp3) is 0.357. The second-order valence-electron chi connectivity index (χ2n) is 5.20. The van der Waals surface area contributed by atoms with E-state index in [0.29, 0.717) is 5.82 Å². The van der Waals surface area contributed by atoms with E-state index < -0.39 is 0 Å². The Labute approximate surface area is 107 Å². The lowest BCUT2D eigenvalue weighted by Gasteiger charge is -2.22. The number of rotatable bonds is 3. The second kappa shape index (κ2) is 4.46. The number of nitrogens with two attached hydrogens (primary N) is 1. The normalized spacial score (nSPS) is 11.8. The van der Waals surface area contributed by atoms with Crippen LogP contribution in [0.4, 0.5) is 5.82 Å². The van der Waals surface area contributed by atoms with E-state index in [1.54, 1.807) is 4.68 Å². The molecule has 0 bridgehead atoms. The van der Waals surface area contributed by atoms with E-state index in [0.717, 1.165) is 16.8 Å². The zero-order valence-electron chi connectivity index (χ0n) is 11.0. The Morgan fingerprint density at radius 1 is 1.33 bits per heavy atom. The van der Waals surface area contributed by atoms with Gasteiger partial charge >= 0.3 is 0 Å². The Hall–Kier alpha value is -1.81. The zero-order chi connectivity index (χ0) is 13.3. The number of nitrogen functional groups attached to an aromatic ring is 1. The van der Waals surface area contributed by atoms with Gasteiger partial charge in [-0.25, -0.2) is 0 Å². The van der Waals surface area contributed by atoms with Crippen molar-refractivity contribution < 1.29 is 5.11 Å². The standard InChI is InChI=1S/C14H19N3O/c1-14(2,9-18)11-6-4-5-10(7-11)12-8-13(15)17(3)16-12/h4-8,18H,9,15H2,1-3H3. The lowest BCUT2D eigenvalue weighted by Crippen LogP contribution is -2.21. The topological polar surface area (TPSA) is 64.1 Å². The predicted octanol–water partition coefficient (Wildman–Crippen LogP) is 1.94. The predicted molar refractivity (Wildman–Crippen MR) is 73.2 cm³/mol. The highest BCUT2D eigenvalue weighted by atomic mass is 16.3. The third kappa shape index (κ3) is 2.24. The molecule has 1 aromatic heterocycles. The molecular formula is C14H19N3O. The van der Waals surface area contributed by atoms with Crippen LogP contribution in [0.2, 0.25) is 0 Å². The van der Waals surface area contributed by atoms with Crippen molar-refractivity contribution in [2.75, 3.05) is 12.3 Å². The van der Waals surface area contributed by atoms with Crippen molar-refractivity contribution in [2.24, 2.45) is 7.05 Å². The van der Waals surface area contributed by atoms with Gasteiger partial charge in [0.1, 0.15) is 5.82 Å². The lowest BCUT2D eigenvalue weighted by molar-refractivity contribution is 0.218. The molecule has 96 valence electrons. The van der Waals surface area contributed by atoms with Crippen LogP contribution in [0, 0.1) is 0 Å². The fourth-order valence-corrected chi connectivity index (χ4v) is 1.81. The van der Waals surface area contributed by atoms with Gasteiger partial charge in [-0.2, -0.15) is 5.10 Å². The molecule has 18 heavy (non-hydrogen) atoms. The van der Waals surface area contributed by atoms with Crippen LogP contribution in [0.5, 0.6) is 0 Å². The first-order valence-corrected chi connectivity index (χ1v) is 5.95. The number of aryl methyl sites for hydroxylation is 1. The summed E-state index contributed by atoms with van der Waals surface area (Å²) >= 11 is 0. The molecule has 0 radical (unpaired) electrons. The van der Waals surface area contributed by atoms with Gasteiger partial charge in [-0.3, -0.25) is 4.68 Å². The maximum absolute atomic E-state index is 9.42. The maximum atomic E-state index is 9.42. The van der Waals surface area contributed by atoms with Gasteiger partial charge in [-0.1, -0.05) is 32.0 Å². The second-order valence-corrected chi connectivity index (χ2v) is 5.20. The third-order valence-electron chi connectivity index (χ3n) is 3.25. The zero-order valence-corrected chi connectivity index (χ0v) is 11.0. The summed E-state index contributed by atoms with van der Waals surface area (Å²) in [6, 6.07) is 9.90. The smallest absolute Gasteiger partial charge is 0.121 e. The minimum absolute atomic E-state index is 0.112. The summed E-state index contributed by atoms with van der Waals surface area (Å²) in [7, 11) is 1.82. The van der Waals surface area contributed by atoms with Crippen LogP contribution in [-0.2, 0) is 12.5 Å². The summed E-state index contributed by atoms with van der Waals surface area (Å²) in [5.41, 5.74) is 8.49. The van der Waals surface area contributed by atoms with E-state index in [-0.39, 0.29) is 12.0 Å². The monoisotopic (exact) mass is 245 g/mol. The molecule has 4 heteroatoms. The molecule has 1 aromatic carbocycles. The van der Waals surface area contributed by atoms with Gasteiger partial charge in [0, 0.05) is 24.1 Å². The molecular weight excluding hydrogens is 226 g/mol. The molecule has 0 spiro atoms. The Balaban J connectivity index is 2.44. The number of aliphatic hydroxyl groups excluding tert-OH is 1. The van der Waals surface area contributed by atoms with Crippen LogP contribution in [0.1, 0.15) is 19.4 Å². The molecule has 3 N–H and O–H groups in total. The van der Waals surface area contributed by atoms with E-state index in [4.69, 9.17) is 5.73 Å². The molecule has 2 rings (SSSR count). The quantitative estimate of drug-likeness (QED) is 0.868.